The fourth-order valence-electron chi connectivity index (χ4n) is 3.80. The summed E-state index contributed by atoms with van der Waals surface area (Å²) in [5.74, 6) is -0.156. The maximum Gasteiger partial charge on any atom is 0.269 e. The number of nitrogens with zero attached hydrogens (tertiary/aromatic N) is 1. The van der Waals surface area contributed by atoms with Gasteiger partial charge in [-0.2, -0.15) is 0 Å². The normalized spacial score (nSPS) is 12.0. The highest BCUT2D eigenvalue weighted by molar-refractivity contribution is 6.29. The highest BCUT2D eigenvalue weighted by atomic mass is 35.5. The minimum Gasteiger partial charge on any atom is -0.455 e. The third-order valence-electron chi connectivity index (χ3n) is 5.36. The van der Waals surface area contributed by atoms with Crippen LogP contribution >= 0.6 is 11.6 Å². The lowest BCUT2D eigenvalue weighted by atomic mass is 9.98. The van der Waals surface area contributed by atoms with E-state index >= 15 is 0 Å². The second-order valence-corrected chi connectivity index (χ2v) is 8.13. The molecule has 0 saturated carbocycles. The number of aryl methyl sites for hydroxylation is 1. The van der Waals surface area contributed by atoms with Crippen LogP contribution in [0.3, 0.4) is 0 Å². The summed E-state index contributed by atoms with van der Waals surface area (Å²) in [6.07, 6.45) is 0. The van der Waals surface area contributed by atoms with Crippen molar-refractivity contribution in [2.75, 3.05) is 5.32 Å². The maximum absolute atomic E-state index is 13.2. The Morgan fingerprint density at radius 1 is 1.12 bits per heavy atom. The number of fused-ring (bicyclic) bond motifs is 1. The molecule has 0 radical (unpaired) electrons. The van der Waals surface area contributed by atoms with Gasteiger partial charge in [-0.3, -0.25) is 9.59 Å². The van der Waals surface area contributed by atoms with Crippen molar-refractivity contribution in [2.24, 2.45) is 5.73 Å². The predicted octanol–water partition coefficient (Wildman–Crippen LogP) is 5.40. The number of nitrogens with one attached hydrogen (secondary N) is 1. The van der Waals surface area contributed by atoms with E-state index in [4.69, 9.17) is 21.8 Å². The summed E-state index contributed by atoms with van der Waals surface area (Å²) in [5, 5.41) is 3.95. The first-order valence-corrected chi connectivity index (χ1v) is 10.5. The first kappa shape index (κ1) is 21.6. The molecule has 2 aromatic heterocycles. The van der Waals surface area contributed by atoms with Gasteiger partial charge in [0.1, 0.15) is 16.5 Å². The highest BCUT2D eigenvalue weighted by Crippen LogP contribution is 2.32. The van der Waals surface area contributed by atoms with Crippen LogP contribution in [0.1, 0.15) is 40.1 Å². The average molecular weight is 448 g/mol. The molecule has 1 amide bonds. The summed E-state index contributed by atoms with van der Waals surface area (Å²) < 4.78 is 6.33. The SMILES string of the molecule is Cc1cc(C(C)Nc2ccc(Cl)nc2C(N)=O)c2oc(-c3ccccc3)c(C)c(=O)c2c1. The Kier molecular flexibility index (Phi) is 5.72. The van der Waals surface area contributed by atoms with E-state index in [1.54, 1.807) is 19.1 Å². The molecule has 0 spiro atoms. The van der Waals surface area contributed by atoms with Gasteiger partial charge in [-0.1, -0.05) is 48.0 Å². The largest absolute Gasteiger partial charge is 0.455 e. The number of pyridine rings is 1. The summed E-state index contributed by atoms with van der Waals surface area (Å²) in [4.78, 5) is 29.1. The highest BCUT2D eigenvalue weighted by Gasteiger charge is 2.20. The van der Waals surface area contributed by atoms with Gasteiger partial charge in [0, 0.05) is 16.7 Å². The second-order valence-electron chi connectivity index (χ2n) is 7.74. The average Bonchev–Trinajstić information content (AvgIpc) is 2.77. The number of anilines is 1. The monoisotopic (exact) mass is 447 g/mol. The van der Waals surface area contributed by atoms with Crippen molar-refractivity contribution in [3.05, 3.63) is 92.4 Å². The lowest BCUT2D eigenvalue weighted by Crippen LogP contribution is -2.18. The molecule has 4 rings (SSSR count). The number of aromatic nitrogens is 1. The molecule has 6 nitrogen and oxygen atoms in total. The van der Waals surface area contributed by atoms with Crippen molar-refractivity contribution < 1.29 is 9.21 Å². The zero-order chi connectivity index (χ0) is 23.0. The number of nitrogens with two attached hydrogens (primary N) is 1. The van der Waals surface area contributed by atoms with E-state index in [2.05, 4.69) is 10.3 Å². The van der Waals surface area contributed by atoms with Crippen LogP contribution in [-0.4, -0.2) is 10.9 Å². The number of hydrogen-bond acceptors (Lipinski definition) is 5. The van der Waals surface area contributed by atoms with Gasteiger partial charge in [-0.05, 0) is 44.5 Å². The van der Waals surface area contributed by atoms with Crippen molar-refractivity contribution in [2.45, 2.75) is 26.8 Å². The van der Waals surface area contributed by atoms with E-state index in [0.29, 0.717) is 28.0 Å². The fraction of sp³-hybridized carbons (Fsp3) is 0.160. The van der Waals surface area contributed by atoms with Crippen LogP contribution in [-0.2, 0) is 0 Å². The summed E-state index contributed by atoms with van der Waals surface area (Å²) >= 11 is 5.92. The fourth-order valence-corrected chi connectivity index (χ4v) is 3.95. The smallest absolute Gasteiger partial charge is 0.269 e. The number of carbonyl (C=O) groups excluding carboxylic acids is 1. The molecule has 0 fully saturated rings. The first-order chi connectivity index (χ1) is 15.3. The van der Waals surface area contributed by atoms with Crippen LogP contribution in [0, 0.1) is 13.8 Å². The number of benzene rings is 2. The van der Waals surface area contributed by atoms with E-state index in [9.17, 15) is 9.59 Å². The Bertz CT molecular complexity index is 1400. The summed E-state index contributed by atoms with van der Waals surface area (Å²) in [7, 11) is 0. The Balaban J connectivity index is 1.88. The Labute approximate surface area is 190 Å². The number of rotatable bonds is 5. The Hall–Kier alpha value is -3.64. The second kappa shape index (κ2) is 8.48. The lowest BCUT2D eigenvalue weighted by Gasteiger charge is -2.20. The van der Waals surface area contributed by atoms with Crippen molar-refractivity contribution in [3.8, 4) is 11.3 Å². The molecule has 0 bridgehead atoms. The van der Waals surface area contributed by atoms with Gasteiger partial charge in [0.05, 0.1) is 17.1 Å². The molecule has 162 valence electrons. The van der Waals surface area contributed by atoms with Crippen molar-refractivity contribution in [1.29, 1.82) is 0 Å². The van der Waals surface area contributed by atoms with Crippen LogP contribution < -0.4 is 16.5 Å². The molecule has 4 aromatic rings. The molecule has 2 aromatic carbocycles. The van der Waals surface area contributed by atoms with Gasteiger partial charge in [-0.15, -0.1) is 0 Å². The van der Waals surface area contributed by atoms with Gasteiger partial charge >= 0.3 is 0 Å². The van der Waals surface area contributed by atoms with Crippen LogP contribution in [0.5, 0.6) is 0 Å². The topological polar surface area (TPSA) is 98.2 Å². The molecule has 3 N–H and O–H groups in total. The van der Waals surface area contributed by atoms with Gasteiger partial charge in [0.25, 0.3) is 5.91 Å². The first-order valence-electron chi connectivity index (χ1n) is 10.1. The quantitative estimate of drug-likeness (QED) is 0.399. The van der Waals surface area contributed by atoms with E-state index in [-0.39, 0.29) is 22.3 Å². The minimum absolute atomic E-state index is 0.0450. The van der Waals surface area contributed by atoms with Gasteiger partial charge < -0.3 is 15.5 Å². The zero-order valence-electron chi connectivity index (χ0n) is 17.9. The summed E-state index contributed by atoms with van der Waals surface area (Å²) in [6.45, 7) is 5.61. The lowest BCUT2D eigenvalue weighted by molar-refractivity contribution is 0.0996. The molecular formula is C25H22ClN3O3. The van der Waals surface area contributed by atoms with E-state index in [0.717, 1.165) is 16.7 Å². The molecule has 0 aliphatic heterocycles. The van der Waals surface area contributed by atoms with E-state index in [1.807, 2.05) is 56.3 Å². The molecule has 2 heterocycles. The van der Waals surface area contributed by atoms with E-state index < -0.39 is 5.91 Å². The molecule has 0 aliphatic rings. The predicted molar refractivity (Wildman–Crippen MR) is 127 cm³/mol. The van der Waals surface area contributed by atoms with Crippen LogP contribution in [0.4, 0.5) is 5.69 Å². The van der Waals surface area contributed by atoms with Crippen molar-refractivity contribution in [1.82, 2.24) is 4.98 Å². The summed E-state index contributed by atoms with van der Waals surface area (Å²) in [6, 6.07) is 16.2. The summed E-state index contributed by atoms with van der Waals surface area (Å²) in [5.41, 5.74) is 9.46. The maximum atomic E-state index is 13.2. The van der Waals surface area contributed by atoms with Crippen LogP contribution in [0.2, 0.25) is 5.15 Å². The zero-order valence-corrected chi connectivity index (χ0v) is 18.7. The molecule has 0 aliphatic carbocycles. The number of halogens is 1. The third-order valence-corrected chi connectivity index (χ3v) is 5.57. The van der Waals surface area contributed by atoms with Crippen molar-refractivity contribution >= 4 is 34.2 Å². The molecular weight excluding hydrogens is 426 g/mol. The Morgan fingerprint density at radius 3 is 2.53 bits per heavy atom. The number of hydrogen-bond donors (Lipinski definition) is 2. The number of primary amides is 1. The van der Waals surface area contributed by atoms with Crippen LogP contribution in [0.25, 0.3) is 22.3 Å². The molecule has 32 heavy (non-hydrogen) atoms. The van der Waals surface area contributed by atoms with Crippen molar-refractivity contribution in [3.63, 3.8) is 0 Å². The molecule has 7 heteroatoms. The van der Waals surface area contributed by atoms with Gasteiger partial charge in [0.15, 0.2) is 11.1 Å². The molecule has 1 unspecified atom stereocenters. The molecule has 0 saturated heterocycles. The minimum atomic E-state index is -0.690. The number of amides is 1. The van der Waals surface area contributed by atoms with Crippen LogP contribution in [0.15, 0.2) is 63.8 Å². The van der Waals surface area contributed by atoms with E-state index in [1.165, 1.54) is 0 Å². The Morgan fingerprint density at radius 2 is 1.84 bits per heavy atom. The van der Waals surface area contributed by atoms with Gasteiger partial charge in [0.2, 0.25) is 0 Å². The third kappa shape index (κ3) is 3.97. The number of carbonyl (C=O) groups is 1. The van der Waals surface area contributed by atoms with Gasteiger partial charge in [-0.25, -0.2) is 4.98 Å². The molecule has 1 atom stereocenters. The standard InChI is InChI=1S/C25H22ClN3O3/c1-13-11-17(15(3)28-19-9-10-20(26)29-21(19)25(27)31)24-18(12-13)22(30)14(2)23(32-24)16-7-5-4-6-8-16/h4-12,15,28H,1-3H3,(H2,27,31).